The first-order valence-corrected chi connectivity index (χ1v) is 23.6. The highest BCUT2D eigenvalue weighted by atomic mass is 32.2. The number of ether oxygens (including phenoxy) is 1. The smallest absolute Gasteiger partial charge is 0.151 e. The van der Waals surface area contributed by atoms with E-state index >= 15 is 0 Å². The zero-order valence-corrected chi connectivity index (χ0v) is 33.6. The van der Waals surface area contributed by atoms with Crippen LogP contribution in [0.4, 0.5) is 17.1 Å². The van der Waals surface area contributed by atoms with Gasteiger partial charge in [-0.2, -0.15) is 0 Å². The number of benzene rings is 8. The van der Waals surface area contributed by atoms with Crippen molar-refractivity contribution in [3.8, 4) is 28.3 Å². The van der Waals surface area contributed by atoms with E-state index in [-0.39, 0.29) is 0 Å². The molecule has 0 saturated carbocycles. The first kappa shape index (κ1) is 33.4. The van der Waals surface area contributed by atoms with E-state index in [0.29, 0.717) is 0 Å². The second-order valence-corrected chi connectivity index (χ2v) is 21.4. The molecule has 6 heteroatoms. The van der Waals surface area contributed by atoms with Crippen molar-refractivity contribution in [1.29, 1.82) is 0 Å². The summed E-state index contributed by atoms with van der Waals surface area (Å²) in [4.78, 5) is 7.65. The first-order chi connectivity index (χ1) is 27.5. The number of para-hydroxylation sites is 4. The lowest BCUT2D eigenvalue weighted by Gasteiger charge is -2.36. The summed E-state index contributed by atoms with van der Waals surface area (Å²) in [7, 11) is -2.08. The Kier molecular flexibility index (Phi) is 7.81. The van der Waals surface area contributed by atoms with Gasteiger partial charge in [0, 0.05) is 47.4 Å². The molecule has 268 valence electrons. The standard InChI is InChI=1S/C50H36N2OS2Si/c1-56(2)47-24-11-8-20-43(47)53-49-42(19-13-25-48(49)56)51(36-30-31-41-39(32-36)38-16-6-7-18-40(38)52(41)34-14-4-3-5-15-34)35-28-26-33(27-29-35)37-17-12-23-46-50(37)55-45-22-10-9-21-44(45)54-46/h3-32H,1-2H3. The lowest BCUT2D eigenvalue weighted by Crippen LogP contribution is -2.56. The lowest BCUT2D eigenvalue weighted by molar-refractivity contribution is 0.488. The maximum Gasteiger partial charge on any atom is 0.151 e. The van der Waals surface area contributed by atoms with E-state index in [2.05, 4.69) is 205 Å². The van der Waals surface area contributed by atoms with Crippen molar-refractivity contribution in [2.24, 2.45) is 0 Å². The molecule has 56 heavy (non-hydrogen) atoms. The Morgan fingerprint density at radius 3 is 2.04 bits per heavy atom. The fraction of sp³-hybridized carbons (Fsp3) is 0.0400. The van der Waals surface area contributed by atoms with Crippen LogP contribution in [0.2, 0.25) is 13.1 Å². The van der Waals surface area contributed by atoms with Crippen LogP contribution in [-0.4, -0.2) is 12.6 Å². The molecule has 0 saturated heterocycles. The Hall–Kier alpha value is -5.92. The van der Waals surface area contributed by atoms with E-state index < -0.39 is 8.07 Å². The van der Waals surface area contributed by atoms with E-state index in [1.165, 1.54) is 62.9 Å². The maximum absolute atomic E-state index is 6.96. The molecule has 0 atom stereocenters. The van der Waals surface area contributed by atoms with Gasteiger partial charge in [0.2, 0.25) is 0 Å². The minimum atomic E-state index is -2.08. The van der Waals surface area contributed by atoms with Crippen molar-refractivity contribution in [3.63, 3.8) is 0 Å². The molecule has 0 N–H and O–H groups in total. The predicted octanol–water partition coefficient (Wildman–Crippen LogP) is 13.5. The third-order valence-electron chi connectivity index (χ3n) is 11.3. The SMILES string of the molecule is C[Si]1(C)c2ccccc2Oc2c(N(c3ccc(-c4cccc5c4Sc4ccccc4S5)cc3)c3ccc4c(c3)c3ccccc3n4-c3ccccc3)cccc21. The second-order valence-electron chi connectivity index (χ2n) is 14.9. The van der Waals surface area contributed by atoms with Crippen LogP contribution >= 0.6 is 23.5 Å². The third kappa shape index (κ3) is 5.28. The molecular formula is C50H36N2OS2Si. The number of hydrogen-bond acceptors (Lipinski definition) is 4. The number of aromatic nitrogens is 1. The molecule has 1 aromatic heterocycles. The van der Waals surface area contributed by atoms with Crippen molar-refractivity contribution in [3.05, 3.63) is 182 Å². The molecule has 0 fully saturated rings. The van der Waals surface area contributed by atoms with Crippen LogP contribution in [0.15, 0.2) is 202 Å². The summed E-state index contributed by atoms with van der Waals surface area (Å²) in [6.07, 6.45) is 0. The normalized spacial score (nSPS) is 13.7. The van der Waals surface area contributed by atoms with Crippen molar-refractivity contribution in [1.82, 2.24) is 4.57 Å². The van der Waals surface area contributed by atoms with Crippen LogP contribution in [0.1, 0.15) is 0 Å². The molecular weight excluding hydrogens is 737 g/mol. The fourth-order valence-electron chi connectivity index (χ4n) is 8.58. The summed E-state index contributed by atoms with van der Waals surface area (Å²) in [6, 6.07) is 66.2. The van der Waals surface area contributed by atoms with Crippen LogP contribution in [0.5, 0.6) is 11.5 Å². The van der Waals surface area contributed by atoms with Gasteiger partial charge in [-0.1, -0.05) is 140 Å². The Labute approximate surface area is 336 Å². The molecule has 8 aromatic carbocycles. The number of nitrogens with zero attached hydrogens (tertiary/aromatic N) is 2. The van der Waals surface area contributed by atoms with Gasteiger partial charge < -0.3 is 14.2 Å². The Balaban J connectivity index is 1.09. The van der Waals surface area contributed by atoms with Crippen LogP contribution in [0.25, 0.3) is 38.6 Å². The lowest BCUT2D eigenvalue weighted by atomic mass is 10.0. The average Bonchev–Trinajstić information content (AvgIpc) is 3.57. The summed E-state index contributed by atoms with van der Waals surface area (Å²) < 4.78 is 9.33. The monoisotopic (exact) mass is 772 g/mol. The molecule has 9 aromatic rings. The maximum atomic E-state index is 6.96. The Bertz CT molecular complexity index is 2990. The summed E-state index contributed by atoms with van der Waals surface area (Å²) in [6.45, 7) is 4.88. The van der Waals surface area contributed by atoms with Crippen molar-refractivity contribution < 1.29 is 4.74 Å². The van der Waals surface area contributed by atoms with Gasteiger partial charge in [-0.05, 0) is 100 Å². The fourth-order valence-corrected chi connectivity index (χ4v) is 13.8. The highest BCUT2D eigenvalue weighted by Crippen LogP contribution is 2.52. The van der Waals surface area contributed by atoms with Gasteiger partial charge >= 0.3 is 0 Å². The van der Waals surface area contributed by atoms with Crippen molar-refractivity contribution in [2.75, 3.05) is 4.90 Å². The van der Waals surface area contributed by atoms with E-state index in [0.717, 1.165) is 34.2 Å². The number of hydrogen-bond donors (Lipinski definition) is 0. The summed E-state index contributed by atoms with van der Waals surface area (Å²) in [5, 5.41) is 5.08. The highest BCUT2D eigenvalue weighted by molar-refractivity contribution is 8.05. The molecule has 3 nitrogen and oxygen atoms in total. The molecule has 2 aliphatic heterocycles. The van der Waals surface area contributed by atoms with E-state index in [4.69, 9.17) is 4.74 Å². The zero-order chi connectivity index (χ0) is 37.4. The third-order valence-corrected chi connectivity index (χ3v) is 17.4. The molecule has 0 spiro atoms. The topological polar surface area (TPSA) is 17.4 Å². The van der Waals surface area contributed by atoms with E-state index in [9.17, 15) is 0 Å². The molecule has 11 rings (SSSR count). The minimum absolute atomic E-state index is 0.947. The molecule has 0 amide bonds. The molecule has 0 aliphatic carbocycles. The van der Waals surface area contributed by atoms with Crippen molar-refractivity contribution in [2.45, 2.75) is 32.7 Å². The molecule has 0 bridgehead atoms. The predicted molar refractivity (Wildman–Crippen MR) is 239 cm³/mol. The van der Waals surface area contributed by atoms with E-state index in [1.807, 2.05) is 23.5 Å². The van der Waals surface area contributed by atoms with Gasteiger partial charge in [-0.15, -0.1) is 0 Å². The van der Waals surface area contributed by atoms with Gasteiger partial charge in [-0.3, -0.25) is 0 Å². The number of fused-ring (bicyclic) bond motifs is 7. The van der Waals surface area contributed by atoms with Gasteiger partial charge in [-0.25, -0.2) is 0 Å². The Morgan fingerprint density at radius 1 is 0.518 bits per heavy atom. The molecule has 3 heterocycles. The van der Waals surface area contributed by atoms with E-state index in [1.54, 1.807) is 0 Å². The zero-order valence-electron chi connectivity index (χ0n) is 30.9. The van der Waals surface area contributed by atoms with Gasteiger partial charge in [0.25, 0.3) is 0 Å². The summed E-state index contributed by atoms with van der Waals surface area (Å²) in [5.74, 6) is 1.91. The highest BCUT2D eigenvalue weighted by Gasteiger charge is 2.38. The van der Waals surface area contributed by atoms with Gasteiger partial charge in [0.05, 0.1) is 16.7 Å². The Morgan fingerprint density at radius 2 is 1.18 bits per heavy atom. The largest absolute Gasteiger partial charge is 0.455 e. The van der Waals surface area contributed by atoms with Crippen LogP contribution in [0, 0.1) is 0 Å². The van der Waals surface area contributed by atoms with Gasteiger partial charge in [0.15, 0.2) is 5.75 Å². The summed E-state index contributed by atoms with van der Waals surface area (Å²) >= 11 is 3.74. The van der Waals surface area contributed by atoms with Crippen LogP contribution in [-0.2, 0) is 0 Å². The van der Waals surface area contributed by atoms with Gasteiger partial charge in [0.1, 0.15) is 13.8 Å². The number of anilines is 3. The molecule has 0 radical (unpaired) electrons. The minimum Gasteiger partial charge on any atom is -0.455 e. The van der Waals surface area contributed by atoms with Crippen LogP contribution < -0.4 is 20.0 Å². The quantitative estimate of drug-likeness (QED) is 0.162. The molecule has 2 aliphatic rings. The first-order valence-electron chi connectivity index (χ1n) is 19.0. The molecule has 0 unspecified atom stereocenters. The average molecular weight is 773 g/mol. The van der Waals surface area contributed by atoms with Crippen LogP contribution in [0.3, 0.4) is 0 Å². The van der Waals surface area contributed by atoms with Crippen molar-refractivity contribution >= 4 is 80.8 Å². The number of rotatable bonds is 5. The second kappa shape index (κ2) is 13.1. The summed E-state index contributed by atoms with van der Waals surface area (Å²) in [5.41, 5.74) is 9.17.